The van der Waals surface area contributed by atoms with Crippen LogP contribution in [0.2, 0.25) is 0 Å². The number of hydrogen-bond acceptors (Lipinski definition) is 3. The van der Waals surface area contributed by atoms with Gasteiger partial charge in [-0.15, -0.1) is 0 Å². The van der Waals surface area contributed by atoms with E-state index in [-0.39, 0.29) is 0 Å². The molecule has 0 aliphatic carbocycles. The van der Waals surface area contributed by atoms with Gasteiger partial charge in [-0.3, -0.25) is 0 Å². The summed E-state index contributed by atoms with van der Waals surface area (Å²) in [5.41, 5.74) is 16.3. The third kappa shape index (κ3) is 7.74. The summed E-state index contributed by atoms with van der Waals surface area (Å²) in [6, 6.07) is 97.6. The first-order chi connectivity index (χ1) is 35.2. The predicted octanol–water partition coefficient (Wildman–Crippen LogP) is 18.6. The van der Waals surface area contributed by atoms with E-state index in [9.17, 15) is 0 Å². The first-order valence-electron chi connectivity index (χ1n) is 24.2. The van der Waals surface area contributed by atoms with Crippen molar-refractivity contribution in [2.75, 3.05) is 9.80 Å². The maximum atomic E-state index is 5.49. The highest BCUT2D eigenvalue weighted by Gasteiger charge is 2.20. The number of imidazole rings is 1. The van der Waals surface area contributed by atoms with Crippen molar-refractivity contribution in [2.45, 2.75) is 0 Å². The molecule has 0 atom stereocenters. The van der Waals surface area contributed by atoms with Gasteiger partial charge < -0.3 is 14.8 Å². The lowest BCUT2D eigenvalue weighted by molar-refractivity contribution is 1.28. The number of anilines is 6. The van der Waals surface area contributed by atoms with Gasteiger partial charge in [-0.2, -0.15) is 0 Å². The second-order valence-electron chi connectivity index (χ2n) is 18.0. The van der Waals surface area contributed by atoms with Crippen LogP contribution in [0.4, 0.5) is 34.1 Å². The van der Waals surface area contributed by atoms with E-state index in [1.807, 2.05) is 0 Å². The van der Waals surface area contributed by atoms with E-state index < -0.39 is 0 Å². The molecule has 4 heteroatoms. The van der Waals surface area contributed by atoms with Crippen LogP contribution in [0.1, 0.15) is 0 Å². The van der Waals surface area contributed by atoms with Gasteiger partial charge in [-0.25, -0.2) is 4.98 Å². The predicted molar refractivity (Wildman–Crippen MR) is 299 cm³/mol. The molecular formula is C67H46N4. The third-order valence-electron chi connectivity index (χ3n) is 13.8. The highest BCUT2D eigenvalue weighted by atomic mass is 15.1. The van der Waals surface area contributed by atoms with Gasteiger partial charge in [0.25, 0.3) is 0 Å². The average Bonchev–Trinajstić information content (AvgIpc) is 3.90. The second-order valence-corrected chi connectivity index (χ2v) is 18.0. The highest BCUT2D eigenvalue weighted by molar-refractivity contribution is 6.25. The zero-order valence-electron chi connectivity index (χ0n) is 38.8. The normalized spacial score (nSPS) is 11.4. The molecule has 71 heavy (non-hydrogen) atoms. The molecular weight excluding hydrogens is 861 g/mol. The number of benzene rings is 12. The SMILES string of the molecule is c1ccc(N(c2ccccc2)c2ccc(-c3ccc(-c4nc(-c5ccc6ccc7cccc8ccc5c6c78)[nH]c4-c4ccc(-c5ccc(N(c6ccccc6)c6ccccc6)cc5)cc4)cc3)cc2)cc1. The van der Waals surface area contributed by atoms with Crippen molar-refractivity contribution in [3.05, 3.63) is 273 Å². The fraction of sp³-hybridized carbons (Fsp3) is 0. The molecule has 13 aromatic rings. The Bertz CT molecular complexity index is 3640. The molecule has 0 saturated carbocycles. The highest BCUT2D eigenvalue weighted by Crippen LogP contribution is 2.43. The van der Waals surface area contributed by atoms with Gasteiger partial charge in [0.1, 0.15) is 5.82 Å². The van der Waals surface area contributed by atoms with E-state index in [1.54, 1.807) is 0 Å². The summed E-state index contributed by atoms with van der Waals surface area (Å²) in [6.45, 7) is 0. The number of H-pyrrole nitrogens is 1. The van der Waals surface area contributed by atoms with Crippen LogP contribution >= 0.6 is 0 Å². The lowest BCUT2D eigenvalue weighted by Gasteiger charge is -2.25. The number of rotatable bonds is 11. The number of aromatic nitrogens is 2. The molecule has 0 fully saturated rings. The van der Waals surface area contributed by atoms with Crippen LogP contribution in [0.15, 0.2) is 273 Å². The first-order valence-corrected chi connectivity index (χ1v) is 24.2. The van der Waals surface area contributed by atoms with Crippen molar-refractivity contribution in [3.8, 4) is 56.2 Å². The topological polar surface area (TPSA) is 35.2 Å². The number of hydrogen-bond donors (Lipinski definition) is 1. The largest absolute Gasteiger partial charge is 0.337 e. The summed E-state index contributed by atoms with van der Waals surface area (Å²) in [5.74, 6) is 0.843. The summed E-state index contributed by atoms with van der Waals surface area (Å²) in [7, 11) is 0. The fourth-order valence-electron chi connectivity index (χ4n) is 10.3. The van der Waals surface area contributed by atoms with Gasteiger partial charge in [0.05, 0.1) is 11.4 Å². The molecule has 0 bridgehead atoms. The van der Waals surface area contributed by atoms with Crippen molar-refractivity contribution in [3.63, 3.8) is 0 Å². The molecule has 0 radical (unpaired) electrons. The van der Waals surface area contributed by atoms with E-state index in [0.717, 1.165) is 90.3 Å². The van der Waals surface area contributed by atoms with Crippen molar-refractivity contribution in [1.82, 2.24) is 9.97 Å². The summed E-state index contributed by atoms with van der Waals surface area (Å²) >= 11 is 0. The smallest absolute Gasteiger partial charge is 0.139 e. The van der Waals surface area contributed by atoms with Crippen molar-refractivity contribution in [1.29, 1.82) is 0 Å². The number of nitrogens with zero attached hydrogens (tertiary/aromatic N) is 3. The molecule has 0 spiro atoms. The summed E-state index contributed by atoms with van der Waals surface area (Å²) < 4.78 is 0. The van der Waals surface area contributed by atoms with E-state index >= 15 is 0 Å². The molecule has 0 amide bonds. The Morgan fingerprint density at radius 2 is 0.620 bits per heavy atom. The Kier molecular flexibility index (Phi) is 10.5. The number of aromatic amines is 1. The number of para-hydroxylation sites is 4. The van der Waals surface area contributed by atoms with Crippen LogP contribution in [0, 0.1) is 0 Å². The molecule has 334 valence electrons. The van der Waals surface area contributed by atoms with E-state index in [4.69, 9.17) is 4.98 Å². The minimum Gasteiger partial charge on any atom is -0.337 e. The van der Waals surface area contributed by atoms with Gasteiger partial charge in [0, 0.05) is 50.8 Å². The average molecular weight is 907 g/mol. The standard InChI is InChI=1S/C67H46N4/c1-5-16-55(17-6-1)70(56-18-7-2-8-19-56)59-40-34-48(35-41-59)46-24-30-53(31-25-46)65-66(69-67(68-65)62-45-39-52-29-28-50-14-13-15-51-38-44-61(62)64(52)63(50)51)54-32-26-47(27-33-54)49-36-42-60(43-37-49)71(57-20-9-3-10-21-57)58-22-11-4-12-23-58/h1-45H,(H,68,69). The molecule has 0 aliphatic heterocycles. The van der Waals surface area contributed by atoms with Crippen LogP contribution in [0.3, 0.4) is 0 Å². The Labute approximate surface area is 413 Å². The Balaban J connectivity index is 0.860. The lowest BCUT2D eigenvalue weighted by atomic mass is 9.92. The fourth-order valence-corrected chi connectivity index (χ4v) is 10.3. The van der Waals surface area contributed by atoms with Crippen LogP contribution < -0.4 is 9.80 Å². The molecule has 1 N–H and O–H groups in total. The Morgan fingerprint density at radius 1 is 0.268 bits per heavy atom. The Hall–Kier alpha value is -9.51. The monoisotopic (exact) mass is 906 g/mol. The molecule has 1 aromatic heterocycles. The van der Waals surface area contributed by atoms with Crippen molar-refractivity contribution in [2.24, 2.45) is 0 Å². The summed E-state index contributed by atoms with van der Waals surface area (Å²) in [5, 5.41) is 7.48. The lowest BCUT2D eigenvalue weighted by Crippen LogP contribution is -2.09. The molecule has 0 saturated heterocycles. The maximum absolute atomic E-state index is 5.49. The minimum atomic E-state index is 0.843. The van der Waals surface area contributed by atoms with Crippen LogP contribution in [0.5, 0.6) is 0 Å². The van der Waals surface area contributed by atoms with Gasteiger partial charge in [-0.1, -0.05) is 200 Å². The van der Waals surface area contributed by atoms with Gasteiger partial charge >= 0.3 is 0 Å². The second kappa shape index (κ2) is 17.9. The quantitative estimate of drug-likeness (QED) is 0.131. The van der Waals surface area contributed by atoms with Gasteiger partial charge in [-0.05, 0) is 127 Å². The van der Waals surface area contributed by atoms with Gasteiger partial charge in [0.2, 0.25) is 0 Å². The molecule has 12 aromatic carbocycles. The first kappa shape index (κ1) is 41.7. The van der Waals surface area contributed by atoms with Crippen molar-refractivity contribution >= 4 is 66.4 Å². The van der Waals surface area contributed by atoms with E-state index in [0.29, 0.717) is 0 Å². The Morgan fingerprint density at radius 3 is 1.07 bits per heavy atom. The number of nitrogens with one attached hydrogen (secondary N) is 1. The molecule has 1 heterocycles. The molecule has 0 aliphatic rings. The molecule has 0 unspecified atom stereocenters. The summed E-state index contributed by atoms with van der Waals surface area (Å²) in [6.07, 6.45) is 0. The zero-order valence-corrected chi connectivity index (χ0v) is 38.8. The van der Waals surface area contributed by atoms with Gasteiger partial charge in [0.15, 0.2) is 0 Å². The van der Waals surface area contributed by atoms with E-state index in [2.05, 4.69) is 288 Å². The van der Waals surface area contributed by atoms with Crippen LogP contribution in [-0.4, -0.2) is 9.97 Å². The van der Waals surface area contributed by atoms with Crippen LogP contribution in [-0.2, 0) is 0 Å². The van der Waals surface area contributed by atoms with E-state index in [1.165, 1.54) is 32.3 Å². The third-order valence-corrected chi connectivity index (χ3v) is 13.8. The van der Waals surface area contributed by atoms with Crippen LogP contribution in [0.25, 0.3) is 88.5 Å². The van der Waals surface area contributed by atoms with Crippen molar-refractivity contribution < 1.29 is 0 Å². The maximum Gasteiger partial charge on any atom is 0.139 e. The molecule has 13 rings (SSSR count). The summed E-state index contributed by atoms with van der Waals surface area (Å²) in [4.78, 5) is 13.9. The molecule has 4 nitrogen and oxygen atoms in total. The zero-order chi connectivity index (χ0) is 47.1. The minimum absolute atomic E-state index is 0.843.